The Hall–Kier alpha value is -2.57. The van der Waals surface area contributed by atoms with Crippen LogP contribution in [0, 0.1) is 0 Å². The molecule has 1 unspecified atom stereocenters. The summed E-state index contributed by atoms with van der Waals surface area (Å²) in [4.78, 5) is 26.6. The van der Waals surface area contributed by atoms with Gasteiger partial charge in [-0.3, -0.25) is 4.79 Å². The fourth-order valence-electron chi connectivity index (χ4n) is 2.95. The molecule has 0 aliphatic carbocycles. The van der Waals surface area contributed by atoms with E-state index in [1.54, 1.807) is 36.1 Å². The van der Waals surface area contributed by atoms with Gasteiger partial charge in [0.15, 0.2) is 0 Å². The van der Waals surface area contributed by atoms with Crippen molar-refractivity contribution in [3.63, 3.8) is 0 Å². The molecule has 2 N–H and O–H groups in total. The van der Waals surface area contributed by atoms with Crippen LogP contribution < -0.4 is 10.6 Å². The first kappa shape index (κ1) is 19.2. The second-order valence-corrected chi connectivity index (χ2v) is 6.82. The molecule has 1 saturated heterocycles. The van der Waals surface area contributed by atoms with Crippen molar-refractivity contribution < 1.29 is 14.3 Å². The van der Waals surface area contributed by atoms with Gasteiger partial charge in [-0.15, -0.1) is 0 Å². The van der Waals surface area contributed by atoms with Gasteiger partial charge in [0.05, 0.1) is 13.2 Å². The van der Waals surface area contributed by atoms with E-state index in [0.29, 0.717) is 30.4 Å². The number of benzene rings is 2. The van der Waals surface area contributed by atoms with Crippen molar-refractivity contribution in [3.8, 4) is 0 Å². The molecule has 1 heterocycles. The highest BCUT2D eigenvalue weighted by Gasteiger charge is 2.28. The minimum Gasteiger partial charge on any atom is -0.370 e. The summed E-state index contributed by atoms with van der Waals surface area (Å²) in [5.41, 5.74) is 1.64. The predicted octanol–water partition coefficient (Wildman–Crippen LogP) is 3.45. The Bertz CT molecular complexity index is 783. The van der Waals surface area contributed by atoms with Gasteiger partial charge in [0.25, 0.3) is 0 Å². The Morgan fingerprint density at radius 2 is 1.85 bits per heavy atom. The second-order valence-electron chi connectivity index (χ2n) is 6.38. The van der Waals surface area contributed by atoms with Crippen molar-refractivity contribution in [3.05, 3.63) is 65.2 Å². The second kappa shape index (κ2) is 8.88. The number of amides is 3. The average molecular weight is 388 g/mol. The number of carbonyl (C=O) groups excluding carboxylic acids is 2. The van der Waals surface area contributed by atoms with Crippen LogP contribution in [0.5, 0.6) is 0 Å². The first-order valence-corrected chi connectivity index (χ1v) is 9.19. The number of halogens is 1. The maximum atomic E-state index is 12.7. The maximum Gasteiger partial charge on any atom is 0.319 e. The van der Waals surface area contributed by atoms with Crippen LogP contribution in [0.25, 0.3) is 0 Å². The van der Waals surface area contributed by atoms with E-state index >= 15 is 0 Å². The molecule has 6 nitrogen and oxygen atoms in total. The first-order chi connectivity index (χ1) is 13.0. The summed E-state index contributed by atoms with van der Waals surface area (Å²) in [5, 5.41) is 5.96. The summed E-state index contributed by atoms with van der Waals surface area (Å²) in [6.45, 7) is 3.12. The highest BCUT2D eigenvalue weighted by Crippen LogP contribution is 2.22. The fourth-order valence-corrected chi connectivity index (χ4v) is 3.08. The van der Waals surface area contributed by atoms with Gasteiger partial charge in [0, 0.05) is 17.3 Å². The Morgan fingerprint density at radius 3 is 2.56 bits per heavy atom. The van der Waals surface area contributed by atoms with Crippen LogP contribution in [0.4, 0.5) is 10.5 Å². The van der Waals surface area contributed by atoms with E-state index in [1.807, 2.05) is 30.3 Å². The molecule has 0 aromatic heterocycles. The van der Waals surface area contributed by atoms with E-state index in [-0.39, 0.29) is 12.0 Å². The largest absolute Gasteiger partial charge is 0.370 e. The molecule has 2 atom stereocenters. The van der Waals surface area contributed by atoms with E-state index in [0.717, 1.165) is 5.56 Å². The molecule has 1 aliphatic rings. The molecule has 1 aliphatic heterocycles. The Labute approximate surface area is 163 Å². The van der Waals surface area contributed by atoms with Gasteiger partial charge in [-0.25, -0.2) is 4.79 Å². The standard InChI is InChI=1S/C20H22ClN3O3/c1-14(22-20(26)23-17-9-7-16(21)8-10-17)19(25)24-11-12-27-18(13-24)15-5-3-2-4-6-15/h2-10,14,18H,11-13H2,1H3,(H2,22,23,26)/t14-,18?/m1/s1. The van der Waals surface area contributed by atoms with E-state index in [4.69, 9.17) is 16.3 Å². The summed E-state index contributed by atoms with van der Waals surface area (Å²) in [6.07, 6.45) is -0.154. The molecule has 2 aromatic rings. The van der Waals surface area contributed by atoms with Crippen LogP contribution in [0.2, 0.25) is 5.02 Å². The van der Waals surface area contributed by atoms with Crippen LogP contribution in [-0.4, -0.2) is 42.6 Å². The van der Waals surface area contributed by atoms with Gasteiger partial charge in [-0.05, 0) is 36.8 Å². The summed E-state index contributed by atoms with van der Waals surface area (Å²) >= 11 is 5.83. The molecule has 3 amide bonds. The van der Waals surface area contributed by atoms with Gasteiger partial charge in [-0.1, -0.05) is 41.9 Å². The van der Waals surface area contributed by atoms with E-state index in [9.17, 15) is 9.59 Å². The monoisotopic (exact) mass is 387 g/mol. The molecule has 27 heavy (non-hydrogen) atoms. The molecule has 3 rings (SSSR count). The summed E-state index contributed by atoms with van der Waals surface area (Å²) in [6, 6.07) is 15.5. The van der Waals surface area contributed by atoms with E-state index in [1.165, 1.54) is 0 Å². The van der Waals surface area contributed by atoms with Gasteiger partial charge < -0.3 is 20.3 Å². The molecule has 0 bridgehead atoms. The third kappa shape index (κ3) is 5.21. The number of morpholine rings is 1. The highest BCUT2D eigenvalue weighted by atomic mass is 35.5. The molecule has 0 spiro atoms. The number of hydrogen-bond donors (Lipinski definition) is 2. The maximum absolute atomic E-state index is 12.7. The Morgan fingerprint density at radius 1 is 1.15 bits per heavy atom. The third-order valence-electron chi connectivity index (χ3n) is 4.37. The smallest absolute Gasteiger partial charge is 0.319 e. The number of anilines is 1. The van der Waals surface area contributed by atoms with E-state index in [2.05, 4.69) is 10.6 Å². The van der Waals surface area contributed by atoms with Crippen molar-refractivity contribution >= 4 is 29.2 Å². The fraction of sp³-hybridized carbons (Fsp3) is 0.300. The summed E-state index contributed by atoms with van der Waals surface area (Å²) in [5.74, 6) is -0.134. The van der Waals surface area contributed by atoms with Crippen LogP contribution in [0.3, 0.4) is 0 Å². The summed E-state index contributed by atoms with van der Waals surface area (Å²) in [7, 11) is 0. The quantitative estimate of drug-likeness (QED) is 0.844. The average Bonchev–Trinajstić information content (AvgIpc) is 2.70. The Kier molecular flexibility index (Phi) is 6.32. The zero-order chi connectivity index (χ0) is 19.2. The lowest BCUT2D eigenvalue weighted by Crippen LogP contribution is -2.51. The molecular weight excluding hydrogens is 366 g/mol. The van der Waals surface area contributed by atoms with Gasteiger partial charge in [-0.2, -0.15) is 0 Å². The number of rotatable bonds is 4. The lowest BCUT2D eigenvalue weighted by atomic mass is 10.1. The van der Waals surface area contributed by atoms with E-state index < -0.39 is 12.1 Å². The predicted molar refractivity (Wildman–Crippen MR) is 105 cm³/mol. The van der Waals surface area contributed by atoms with Crippen molar-refractivity contribution in [2.45, 2.75) is 19.1 Å². The zero-order valence-electron chi connectivity index (χ0n) is 15.0. The van der Waals surface area contributed by atoms with Crippen molar-refractivity contribution in [2.75, 3.05) is 25.0 Å². The number of nitrogens with one attached hydrogen (secondary N) is 2. The Balaban J connectivity index is 1.54. The number of nitrogens with zero attached hydrogens (tertiary/aromatic N) is 1. The first-order valence-electron chi connectivity index (χ1n) is 8.81. The minimum atomic E-state index is -0.646. The van der Waals surface area contributed by atoms with Crippen molar-refractivity contribution in [2.24, 2.45) is 0 Å². The third-order valence-corrected chi connectivity index (χ3v) is 4.62. The lowest BCUT2D eigenvalue weighted by Gasteiger charge is -2.34. The molecule has 7 heteroatoms. The highest BCUT2D eigenvalue weighted by molar-refractivity contribution is 6.30. The van der Waals surface area contributed by atoms with Crippen molar-refractivity contribution in [1.29, 1.82) is 0 Å². The number of ether oxygens (including phenoxy) is 1. The van der Waals surface area contributed by atoms with Crippen molar-refractivity contribution in [1.82, 2.24) is 10.2 Å². The van der Waals surface area contributed by atoms with Gasteiger partial charge >= 0.3 is 6.03 Å². The minimum absolute atomic E-state index is 0.134. The van der Waals surface area contributed by atoms with Gasteiger partial charge in [0.1, 0.15) is 12.1 Å². The molecule has 2 aromatic carbocycles. The van der Waals surface area contributed by atoms with Crippen LogP contribution >= 0.6 is 11.6 Å². The normalized spacial score (nSPS) is 17.9. The molecular formula is C20H22ClN3O3. The number of carbonyl (C=O) groups is 2. The van der Waals surface area contributed by atoms with Crippen LogP contribution in [0.1, 0.15) is 18.6 Å². The number of hydrogen-bond acceptors (Lipinski definition) is 3. The lowest BCUT2D eigenvalue weighted by molar-refractivity contribution is -0.140. The molecule has 0 radical (unpaired) electrons. The molecule has 0 saturated carbocycles. The zero-order valence-corrected chi connectivity index (χ0v) is 15.8. The topological polar surface area (TPSA) is 70.7 Å². The molecule has 1 fully saturated rings. The number of urea groups is 1. The molecule has 142 valence electrons. The summed E-state index contributed by atoms with van der Waals surface area (Å²) < 4.78 is 5.79. The van der Waals surface area contributed by atoms with Gasteiger partial charge in [0.2, 0.25) is 5.91 Å². The SMILES string of the molecule is C[C@@H](NC(=O)Nc1ccc(Cl)cc1)C(=O)N1CCOC(c2ccccc2)C1. The van der Waals surface area contributed by atoms with Crippen LogP contribution in [-0.2, 0) is 9.53 Å². The van der Waals surface area contributed by atoms with Crippen LogP contribution in [0.15, 0.2) is 54.6 Å².